The third kappa shape index (κ3) is 3.54. The summed E-state index contributed by atoms with van der Waals surface area (Å²) in [4.78, 5) is 18.2. The lowest BCUT2D eigenvalue weighted by Gasteiger charge is -2.37. The van der Waals surface area contributed by atoms with Crippen LogP contribution in [0.4, 0.5) is 5.82 Å². The van der Waals surface area contributed by atoms with Gasteiger partial charge in [0.1, 0.15) is 18.0 Å². The number of hydrogen-bond acceptors (Lipinski definition) is 5. The van der Waals surface area contributed by atoms with Crippen molar-refractivity contribution in [1.29, 1.82) is 0 Å². The molecule has 0 spiro atoms. The average Bonchev–Trinajstić information content (AvgIpc) is 3.05. The standard InChI is InChI=1S/C19H28N6/c1-15-11-19(22-14-21-15)23(2)16-6-9-24(10-7-16)13-17-12-20-18-5-3-4-8-25(17)18/h11-12,14,16H,3-10,13H2,1-2H3. The molecule has 1 fully saturated rings. The second kappa shape index (κ2) is 7.12. The number of imidazole rings is 1. The van der Waals surface area contributed by atoms with Gasteiger partial charge in [-0.15, -0.1) is 0 Å². The van der Waals surface area contributed by atoms with Gasteiger partial charge in [0.05, 0.1) is 5.69 Å². The Balaban J connectivity index is 1.35. The van der Waals surface area contributed by atoms with Crippen molar-refractivity contribution in [2.24, 2.45) is 0 Å². The smallest absolute Gasteiger partial charge is 0.132 e. The summed E-state index contributed by atoms with van der Waals surface area (Å²) in [6.07, 6.45) is 9.85. The van der Waals surface area contributed by atoms with Crippen molar-refractivity contribution in [1.82, 2.24) is 24.4 Å². The third-order valence-corrected chi connectivity index (χ3v) is 5.69. The number of anilines is 1. The van der Waals surface area contributed by atoms with Crippen LogP contribution in [0.25, 0.3) is 0 Å². The zero-order valence-electron chi connectivity index (χ0n) is 15.4. The highest BCUT2D eigenvalue weighted by atomic mass is 15.2. The summed E-state index contributed by atoms with van der Waals surface area (Å²) in [6, 6.07) is 2.63. The van der Waals surface area contributed by atoms with Gasteiger partial charge in [0, 0.05) is 63.6 Å². The van der Waals surface area contributed by atoms with Crippen LogP contribution >= 0.6 is 0 Å². The Morgan fingerprint density at radius 3 is 2.76 bits per heavy atom. The summed E-state index contributed by atoms with van der Waals surface area (Å²) in [5.74, 6) is 2.32. The summed E-state index contributed by atoms with van der Waals surface area (Å²) < 4.78 is 2.45. The first-order chi connectivity index (χ1) is 12.2. The molecule has 4 rings (SSSR count). The predicted octanol–water partition coefficient (Wildman–Crippen LogP) is 2.42. The SMILES string of the molecule is Cc1cc(N(C)C2CCN(Cc3cnc4n3CCCC4)CC2)ncn1. The van der Waals surface area contributed by atoms with Gasteiger partial charge in [-0.2, -0.15) is 0 Å². The Bertz CT molecular complexity index is 716. The molecule has 2 aromatic rings. The van der Waals surface area contributed by atoms with Crippen LogP contribution in [0.1, 0.15) is 42.9 Å². The zero-order chi connectivity index (χ0) is 17.2. The number of nitrogens with zero attached hydrogens (tertiary/aromatic N) is 6. The van der Waals surface area contributed by atoms with Gasteiger partial charge in [-0.3, -0.25) is 4.90 Å². The van der Waals surface area contributed by atoms with Crippen LogP contribution in [0.3, 0.4) is 0 Å². The van der Waals surface area contributed by atoms with Gasteiger partial charge in [0.25, 0.3) is 0 Å². The number of fused-ring (bicyclic) bond motifs is 1. The number of rotatable bonds is 4. The molecule has 1 saturated heterocycles. The van der Waals surface area contributed by atoms with Crippen LogP contribution in [0.2, 0.25) is 0 Å². The quantitative estimate of drug-likeness (QED) is 0.855. The normalized spacial score (nSPS) is 19.0. The lowest BCUT2D eigenvalue weighted by molar-refractivity contribution is 0.198. The first-order valence-corrected chi connectivity index (χ1v) is 9.48. The molecule has 0 bridgehead atoms. The van der Waals surface area contributed by atoms with Gasteiger partial charge in [-0.1, -0.05) is 0 Å². The molecule has 2 aliphatic rings. The van der Waals surface area contributed by atoms with Crippen LogP contribution in [-0.4, -0.2) is 50.6 Å². The van der Waals surface area contributed by atoms with E-state index in [2.05, 4.69) is 48.6 Å². The maximum absolute atomic E-state index is 4.63. The van der Waals surface area contributed by atoms with Crippen LogP contribution in [0.5, 0.6) is 0 Å². The minimum atomic E-state index is 0.560. The van der Waals surface area contributed by atoms with Crippen molar-refractivity contribution in [2.75, 3.05) is 25.0 Å². The molecule has 0 radical (unpaired) electrons. The van der Waals surface area contributed by atoms with Crippen molar-refractivity contribution < 1.29 is 0 Å². The lowest BCUT2D eigenvalue weighted by Crippen LogP contribution is -2.43. The summed E-state index contributed by atoms with van der Waals surface area (Å²) in [5.41, 5.74) is 2.42. The number of hydrogen-bond donors (Lipinski definition) is 0. The van der Waals surface area contributed by atoms with Crippen LogP contribution in [0.15, 0.2) is 18.6 Å². The second-order valence-electron chi connectivity index (χ2n) is 7.41. The Morgan fingerprint density at radius 2 is 1.96 bits per heavy atom. The fourth-order valence-corrected chi connectivity index (χ4v) is 4.12. The summed E-state index contributed by atoms with van der Waals surface area (Å²) in [5, 5.41) is 0. The molecule has 0 unspecified atom stereocenters. The number of piperidine rings is 1. The molecule has 6 nitrogen and oxygen atoms in total. The highest BCUT2D eigenvalue weighted by molar-refractivity contribution is 5.39. The monoisotopic (exact) mass is 340 g/mol. The molecule has 2 aliphatic heterocycles. The van der Waals surface area contributed by atoms with E-state index in [1.807, 2.05) is 6.92 Å². The summed E-state index contributed by atoms with van der Waals surface area (Å²) in [7, 11) is 2.16. The van der Waals surface area contributed by atoms with Gasteiger partial charge in [0.2, 0.25) is 0 Å². The molecule has 2 aromatic heterocycles. The maximum atomic E-state index is 4.63. The number of aryl methyl sites for hydroxylation is 2. The summed E-state index contributed by atoms with van der Waals surface area (Å²) >= 11 is 0. The molecule has 0 amide bonds. The fourth-order valence-electron chi connectivity index (χ4n) is 4.12. The Labute approximate surface area is 149 Å². The average molecular weight is 340 g/mol. The van der Waals surface area contributed by atoms with Crippen molar-refractivity contribution in [3.05, 3.63) is 35.8 Å². The van der Waals surface area contributed by atoms with Crippen molar-refractivity contribution in [3.8, 4) is 0 Å². The largest absolute Gasteiger partial charge is 0.356 e. The molecule has 0 saturated carbocycles. The minimum absolute atomic E-state index is 0.560. The number of likely N-dealkylation sites (tertiary alicyclic amines) is 1. The lowest BCUT2D eigenvalue weighted by atomic mass is 10.0. The molecule has 4 heterocycles. The van der Waals surface area contributed by atoms with E-state index >= 15 is 0 Å². The Morgan fingerprint density at radius 1 is 1.12 bits per heavy atom. The van der Waals surface area contributed by atoms with Crippen molar-refractivity contribution >= 4 is 5.82 Å². The van der Waals surface area contributed by atoms with Crippen molar-refractivity contribution in [2.45, 2.75) is 58.2 Å². The van der Waals surface area contributed by atoms with E-state index < -0.39 is 0 Å². The molecule has 0 aromatic carbocycles. The van der Waals surface area contributed by atoms with E-state index in [4.69, 9.17) is 0 Å². The molecule has 0 atom stereocenters. The van der Waals surface area contributed by atoms with E-state index in [0.717, 1.165) is 44.1 Å². The molecule has 0 N–H and O–H groups in total. The van der Waals surface area contributed by atoms with Gasteiger partial charge in [-0.05, 0) is 32.6 Å². The van der Waals surface area contributed by atoms with E-state index in [1.165, 1.54) is 37.2 Å². The fraction of sp³-hybridized carbons (Fsp3) is 0.632. The first kappa shape index (κ1) is 16.5. The zero-order valence-corrected chi connectivity index (χ0v) is 15.4. The van der Waals surface area contributed by atoms with Gasteiger partial charge >= 0.3 is 0 Å². The van der Waals surface area contributed by atoms with E-state index in [9.17, 15) is 0 Å². The van der Waals surface area contributed by atoms with Gasteiger partial charge < -0.3 is 9.47 Å². The van der Waals surface area contributed by atoms with Gasteiger partial charge in [-0.25, -0.2) is 15.0 Å². The van der Waals surface area contributed by atoms with Crippen LogP contribution in [0, 0.1) is 6.92 Å². The van der Waals surface area contributed by atoms with E-state index in [1.54, 1.807) is 6.33 Å². The summed E-state index contributed by atoms with van der Waals surface area (Å²) in [6.45, 7) is 6.49. The van der Waals surface area contributed by atoms with Crippen LogP contribution < -0.4 is 4.90 Å². The Hall–Kier alpha value is -1.95. The highest BCUT2D eigenvalue weighted by Gasteiger charge is 2.24. The predicted molar refractivity (Wildman–Crippen MR) is 98.6 cm³/mol. The topological polar surface area (TPSA) is 50.1 Å². The number of aromatic nitrogens is 4. The van der Waals surface area contributed by atoms with E-state index in [-0.39, 0.29) is 0 Å². The molecular formula is C19H28N6. The third-order valence-electron chi connectivity index (χ3n) is 5.69. The van der Waals surface area contributed by atoms with E-state index in [0.29, 0.717) is 6.04 Å². The molecule has 6 heteroatoms. The molecular weight excluding hydrogens is 312 g/mol. The maximum Gasteiger partial charge on any atom is 0.132 e. The minimum Gasteiger partial charge on any atom is -0.356 e. The molecule has 134 valence electrons. The molecule has 25 heavy (non-hydrogen) atoms. The Kier molecular flexibility index (Phi) is 4.70. The second-order valence-corrected chi connectivity index (χ2v) is 7.41. The molecule has 0 aliphatic carbocycles. The van der Waals surface area contributed by atoms with Crippen molar-refractivity contribution in [3.63, 3.8) is 0 Å². The van der Waals surface area contributed by atoms with Gasteiger partial charge in [0.15, 0.2) is 0 Å². The van der Waals surface area contributed by atoms with Crippen LogP contribution in [-0.2, 0) is 19.5 Å². The highest BCUT2D eigenvalue weighted by Crippen LogP contribution is 2.23. The first-order valence-electron chi connectivity index (χ1n) is 9.48.